The number of benzene rings is 2. The number of hydrogen-bond donors (Lipinski definition) is 2. The average molecular weight is 294 g/mol. The number of hydrogen-bond acceptors (Lipinski definition) is 4. The van der Waals surface area contributed by atoms with Crippen LogP contribution in [-0.4, -0.2) is 18.8 Å². The summed E-state index contributed by atoms with van der Waals surface area (Å²) in [5.74, 6) is 1.26. The fourth-order valence-electron chi connectivity index (χ4n) is 1.98. The summed E-state index contributed by atoms with van der Waals surface area (Å²) in [6.45, 7) is 2.47. The van der Waals surface area contributed by atoms with Gasteiger partial charge in [0, 0.05) is 22.2 Å². The van der Waals surface area contributed by atoms with Gasteiger partial charge in [0.2, 0.25) is 0 Å². The first-order valence-corrected chi connectivity index (χ1v) is 6.53. The largest absolute Gasteiger partial charge is 0.505 e. The Morgan fingerprint density at radius 1 is 1.20 bits per heavy atom. The van der Waals surface area contributed by atoms with Gasteiger partial charge in [-0.05, 0) is 31.2 Å². The van der Waals surface area contributed by atoms with Gasteiger partial charge in [-0.1, -0.05) is 11.6 Å². The normalized spacial score (nSPS) is 10.3. The lowest BCUT2D eigenvalue weighted by molar-refractivity contribution is 0.336. The molecule has 0 aliphatic rings. The van der Waals surface area contributed by atoms with Crippen LogP contribution < -0.4 is 15.2 Å². The number of nitrogens with two attached hydrogens (primary N) is 1. The van der Waals surface area contributed by atoms with Gasteiger partial charge >= 0.3 is 0 Å². The molecule has 5 heteroatoms. The van der Waals surface area contributed by atoms with Gasteiger partial charge in [-0.25, -0.2) is 0 Å². The summed E-state index contributed by atoms with van der Waals surface area (Å²) in [6, 6.07) is 8.51. The van der Waals surface area contributed by atoms with Crippen LogP contribution in [0.4, 0.5) is 5.69 Å². The van der Waals surface area contributed by atoms with Gasteiger partial charge in [0.15, 0.2) is 0 Å². The molecule has 0 saturated carbocycles. The van der Waals surface area contributed by atoms with Crippen LogP contribution in [0.25, 0.3) is 11.1 Å². The molecule has 0 aliphatic carbocycles. The Bertz CT molecular complexity index is 629. The van der Waals surface area contributed by atoms with Crippen molar-refractivity contribution in [3.05, 3.63) is 35.4 Å². The standard InChI is InChI=1S/C15H16ClNO3/c1-3-20-10-4-5-11(14(8-10)19-2)12-6-9(16)7-13(17)15(12)18/h4-8,18H,3,17H2,1-2H3. The first kappa shape index (κ1) is 14.3. The van der Waals surface area contributed by atoms with Crippen molar-refractivity contribution in [1.82, 2.24) is 0 Å². The fourth-order valence-corrected chi connectivity index (χ4v) is 2.20. The van der Waals surface area contributed by atoms with Gasteiger partial charge in [0.05, 0.1) is 19.4 Å². The highest BCUT2D eigenvalue weighted by Crippen LogP contribution is 2.42. The van der Waals surface area contributed by atoms with Crippen LogP contribution in [0.5, 0.6) is 17.2 Å². The van der Waals surface area contributed by atoms with Crippen molar-refractivity contribution in [3.8, 4) is 28.4 Å². The van der Waals surface area contributed by atoms with Crippen molar-refractivity contribution in [2.75, 3.05) is 19.5 Å². The van der Waals surface area contributed by atoms with E-state index in [9.17, 15) is 5.11 Å². The molecule has 0 saturated heterocycles. The highest BCUT2D eigenvalue weighted by molar-refractivity contribution is 6.31. The van der Waals surface area contributed by atoms with Crippen LogP contribution >= 0.6 is 11.6 Å². The van der Waals surface area contributed by atoms with Crippen molar-refractivity contribution in [3.63, 3.8) is 0 Å². The summed E-state index contributed by atoms with van der Waals surface area (Å²) in [5, 5.41) is 10.5. The summed E-state index contributed by atoms with van der Waals surface area (Å²) in [4.78, 5) is 0. The third-order valence-electron chi connectivity index (χ3n) is 2.88. The number of ether oxygens (including phenoxy) is 2. The second-order valence-corrected chi connectivity index (χ2v) is 4.62. The number of aromatic hydroxyl groups is 1. The monoisotopic (exact) mass is 293 g/mol. The molecule has 4 nitrogen and oxygen atoms in total. The van der Waals surface area contributed by atoms with Crippen LogP contribution in [-0.2, 0) is 0 Å². The van der Waals surface area contributed by atoms with E-state index in [1.165, 1.54) is 6.07 Å². The van der Waals surface area contributed by atoms with E-state index in [0.29, 0.717) is 34.3 Å². The summed E-state index contributed by atoms with van der Waals surface area (Å²) in [7, 11) is 1.56. The second-order valence-electron chi connectivity index (χ2n) is 4.19. The Hall–Kier alpha value is -2.07. The minimum atomic E-state index is -0.0168. The van der Waals surface area contributed by atoms with Gasteiger partial charge in [-0.15, -0.1) is 0 Å². The highest BCUT2D eigenvalue weighted by Gasteiger charge is 2.14. The summed E-state index contributed by atoms with van der Waals surface area (Å²) in [6.07, 6.45) is 0. The van der Waals surface area contributed by atoms with Crippen LogP contribution in [0, 0.1) is 0 Å². The number of phenols is 1. The predicted octanol–water partition coefficient (Wildman–Crippen LogP) is 3.70. The Morgan fingerprint density at radius 3 is 2.60 bits per heavy atom. The summed E-state index contributed by atoms with van der Waals surface area (Å²) >= 11 is 5.99. The maximum absolute atomic E-state index is 10.1. The van der Waals surface area contributed by atoms with Crippen LogP contribution in [0.15, 0.2) is 30.3 Å². The fraction of sp³-hybridized carbons (Fsp3) is 0.200. The Morgan fingerprint density at radius 2 is 1.95 bits per heavy atom. The van der Waals surface area contributed by atoms with E-state index in [-0.39, 0.29) is 11.4 Å². The van der Waals surface area contributed by atoms with Gasteiger partial charge < -0.3 is 20.3 Å². The SMILES string of the molecule is CCOc1ccc(-c2cc(Cl)cc(N)c2O)c(OC)c1. The molecule has 3 N–H and O–H groups in total. The molecule has 0 aliphatic heterocycles. The topological polar surface area (TPSA) is 64.7 Å². The molecule has 20 heavy (non-hydrogen) atoms. The molecule has 2 rings (SSSR count). The number of rotatable bonds is 4. The Labute approximate surface area is 122 Å². The van der Waals surface area contributed by atoms with Crippen molar-refractivity contribution >= 4 is 17.3 Å². The van der Waals surface area contributed by atoms with Crippen molar-refractivity contribution in [2.45, 2.75) is 6.92 Å². The average Bonchev–Trinajstić information content (AvgIpc) is 2.43. The molecule has 0 spiro atoms. The summed E-state index contributed by atoms with van der Waals surface area (Å²) in [5.41, 5.74) is 7.17. The zero-order chi connectivity index (χ0) is 14.7. The van der Waals surface area contributed by atoms with E-state index in [1.54, 1.807) is 31.4 Å². The van der Waals surface area contributed by atoms with Crippen LogP contribution in [0.3, 0.4) is 0 Å². The molecule has 106 valence electrons. The number of phenolic OH excluding ortho intramolecular Hbond substituents is 1. The molecule has 0 bridgehead atoms. The molecule has 2 aromatic rings. The second kappa shape index (κ2) is 5.92. The van der Waals surface area contributed by atoms with E-state index in [2.05, 4.69) is 0 Å². The van der Waals surface area contributed by atoms with Crippen molar-refractivity contribution in [2.24, 2.45) is 0 Å². The zero-order valence-corrected chi connectivity index (χ0v) is 12.1. The van der Waals surface area contributed by atoms with Crippen LogP contribution in [0.1, 0.15) is 6.92 Å². The molecule has 0 atom stereocenters. The first-order chi connectivity index (χ1) is 9.56. The Kier molecular flexibility index (Phi) is 4.25. The molecule has 0 radical (unpaired) electrons. The van der Waals surface area contributed by atoms with Crippen LogP contribution in [0.2, 0.25) is 5.02 Å². The molecular formula is C15H16ClNO3. The van der Waals surface area contributed by atoms with E-state index in [4.69, 9.17) is 26.8 Å². The van der Waals surface area contributed by atoms with E-state index < -0.39 is 0 Å². The smallest absolute Gasteiger partial charge is 0.146 e. The van der Waals surface area contributed by atoms with Crippen molar-refractivity contribution in [1.29, 1.82) is 0 Å². The number of halogens is 1. The third kappa shape index (κ3) is 2.75. The van der Waals surface area contributed by atoms with E-state index in [0.717, 1.165) is 0 Å². The van der Waals surface area contributed by atoms with Gasteiger partial charge in [0.1, 0.15) is 17.2 Å². The molecule has 0 aromatic heterocycles. The number of anilines is 1. The molecular weight excluding hydrogens is 278 g/mol. The van der Waals surface area contributed by atoms with Gasteiger partial charge in [0.25, 0.3) is 0 Å². The summed E-state index contributed by atoms with van der Waals surface area (Å²) < 4.78 is 10.8. The van der Waals surface area contributed by atoms with Crippen molar-refractivity contribution < 1.29 is 14.6 Å². The lowest BCUT2D eigenvalue weighted by Crippen LogP contribution is -1.95. The number of methoxy groups -OCH3 is 1. The molecule has 0 fully saturated rings. The Balaban J connectivity index is 2.57. The maximum Gasteiger partial charge on any atom is 0.146 e. The minimum Gasteiger partial charge on any atom is -0.505 e. The third-order valence-corrected chi connectivity index (χ3v) is 3.10. The minimum absolute atomic E-state index is 0.0168. The molecule has 2 aromatic carbocycles. The predicted molar refractivity (Wildman–Crippen MR) is 80.7 cm³/mol. The van der Waals surface area contributed by atoms with E-state index >= 15 is 0 Å². The molecule has 0 heterocycles. The van der Waals surface area contributed by atoms with Gasteiger partial charge in [-0.3, -0.25) is 0 Å². The quantitative estimate of drug-likeness (QED) is 0.666. The first-order valence-electron chi connectivity index (χ1n) is 6.16. The highest BCUT2D eigenvalue weighted by atomic mass is 35.5. The van der Waals surface area contributed by atoms with Gasteiger partial charge in [-0.2, -0.15) is 0 Å². The maximum atomic E-state index is 10.1. The molecule has 0 amide bonds. The lowest BCUT2D eigenvalue weighted by atomic mass is 10.0. The molecule has 0 unspecified atom stereocenters. The lowest BCUT2D eigenvalue weighted by Gasteiger charge is -2.13. The number of nitrogen functional groups attached to an aromatic ring is 1. The zero-order valence-electron chi connectivity index (χ0n) is 11.3. The van der Waals surface area contributed by atoms with E-state index in [1.807, 2.05) is 6.92 Å².